The first-order valence-electron chi connectivity index (χ1n) is 8.74. The molecule has 1 atom stereocenters. The number of nitrogens with zero attached hydrogens (tertiary/aromatic N) is 3. The van der Waals surface area contributed by atoms with Crippen molar-refractivity contribution in [3.63, 3.8) is 0 Å². The minimum atomic E-state index is -0.162. The van der Waals surface area contributed by atoms with Crippen LogP contribution in [-0.2, 0) is 4.74 Å². The number of carbonyl (C=O) groups is 1. The molecule has 1 N–H and O–H groups in total. The standard InChI is InChI=1S/C18H22N4O3/c23-16(15-3-1-11-24-15)22-9-5-18(6-10-22)13-14(4-12-25-18)21-17-19-7-2-8-20-17/h1-3,7-8,11,14H,4-6,9-10,12-13H2,(H,19,20,21)/t14-/m1/s1. The van der Waals surface area contributed by atoms with Crippen LogP contribution in [0.1, 0.15) is 36.2 Å². The van der Waals surface area contributed by atoms with Crippen molar-refractivity contribution in [2.75, 3.05) is 25.0 Å². The average Bonchev–Trinajstić information content (AvgIpc) is 3.18. The molecule has 2 aliphatic rings. The summed E-state index contributed by atoms with van der Waals surface area (Å²) in [5.74, 6) is 1.03. The molecule has 2 aromatic heterocycles. The van der Waals surface area contributed by atoms with Crippen molar-refractivity contribution in [2.24, 2.45) is 0 Å². The second kappa shape index (κ2) is 6.84. The van der Waals surface area contributed by atoms with Crippen molar-refractivity contribution in [1.82, 2.24) is 14.9 Å². The molecule has 0 aliphatic carbocycles. The number of amides is 1. The number of likely N-dealkylation sites (tertiary alicyclic amines) is 1. The van der Waals surface area contributed by atoms with Gasteiger partial charge in [0.25, 0.3) is 5.91 Å². The number of hydrogen-bond donors (Lipinski definition) is 1. The van der Waals surface area contributed by atoms with Gasteiger partial charge in [-0.25, -0.2) is 9.97 Å². The van der Waals surface area contributed by atoms with Gasteiger partial charge in [0.05, 0.1) is 11.9 Å². The maximum absolute atomic E-state index is 12.4. The van der Waals surface area contributed by atoms with Crippen LogP contribution in [0.3, 0.4) is 0 Å². The zero-order valence-electron chi connectivity index (χ0n) is 14.1. The molecule has 7 nitrogen and oxygen atoms in total. The van der Waals surface area contributed by atoms with Gasteiger partial charge >= 0.3 is 0 Å². The van der Waals surface area contributed by atoms with Gasteiger partial charge in [-0.05, 0) is 43.9 Å². The van der Waals surface area contributed by atoms with Gasteiger partial charge in [-0.1, -0.05) is 0 Å². The summed E-state index contributed by atoms with van der Waals surface area (Å²) in [4.78, 5) is 22.7. The topological polar surface area (TPSA) is 80.5 Å². The lowest BCUT2D eigenvalue weighted by Gasteiger charge is -2.46. The third-order valence-corrected chi connectivity index (χ3v) is 5.09. The summed E-state index contributed by atoms with van der Waals surface area (Å²) in [6.45, 7) is 2.10. The predicted octanol–water partition coefficient (Wildman–Crippen LogP) is 2.34. The Labute approximate surface area is 146 Å². The molecule has 4 rings (SSSR count). The van der Waals surface area contributed by atoms with E-state index in [-0.39, 0.29) is 11.5 Å². The molecule has 4 heterocycles. The molecule has 7 heteroatoms. The van der Waals surface area contributed by atoms with Crippen LogP contribution in [0.5, 0.6) is 0 Å². The van der Waals surface area contributed by atoms with Crippen LogP contribution in [0, 0.1) is 0 Å². The summed E-state index contributed by atoms with van der Waals surface area (Å²) in [6, 6.07) is 5.56. The molecule has 0 bridgehead atoms. The minimum absolute atomic E-state index is 0.0389. The summed E-state index contributed by atoms with van der Waals surface area (Å²) in [6.07, 6.45) is 8.54. The van der Waals surface area contributed by atoms with E-state index in [1.165, 1.54) is 6.26 Å². The molecule has 0 aromatic carbocycles. The van der Waals surface area contributed by atoms with Gasteiger partial charge in [0, 0.05) is 38.1 Å². The Hall–Kier alpha value is -2.41. The molecule has 2 saturated heterocycles. The number of anilines is 1. The van der Waals surface area contributed by atoms with E-state index in [0.29, 0.717) is 30.8 Å². The Morgan fingerprint density at radius 1 is 1.24 bits per heavy atom. The number of piperidine rings is 1. The fourth-order valence-corrected chi connectivity index (χ4v) is 3.73. The van der Waals surface area contributed by atoms with Crippen LogP contribution in [0.25, 0.3) is 0 Å². The quantitative estimate of drug-likeness (QED) is 0.922. The van der Waals surface area contributed by atoms with Crippen LogP contribution in [-0.4, -0.2) is 52.1 Å². The van der Waals surface area contributed by atoms with Gasteiger partial charge in [0.15, 0.2) is 5.76 Å². The predicted molar refractivity (Wildman–Crippen MR) is 91.2 cm³/mol. The molecule has 0 saturated carbocycles. The highest BCUT2D eigenvalue weighted by atomic mass is 16.5. The van der Waals surface area contributed by atoms with Gasteiger partial charge in [0.2, 0.25) is 5.95 Å². The van der Waals surface area contributed by atoms with E-state index in [9.17, 15) is 4.79 Å². The number of rotatable bonds is 3. The molecule has 0 unspecified atom stereocenters. The third kappa shape index (κ3) is 3.51. The minimum Gasteiger partial charge on any atom is -0.459 e. The zero-order chi connectivity index (χ0) is 17.1. The van der Waals surface area contributed by atoms with Gasteiger partial charge in [0.1, 0.15) is 0 Å². The summed E-state index contributed by atoms with van der Waals surface area (Å²) in [5.41, 5.74) is -0.162. The van der Waals surface area contributed by atoms with Gasteiger partial charge in [-0.2, -0.15) is 0 Å². The molecular weight excluding hydrogens is 320 g/mol. The lowest BCUT2D eigenvalue weighted by molar-refractivity contribution is -0.110. The first-order chi connectivity index (χ1) is 12.2. The third-order valence-electron chi connectivity index (χ3n) is 5.09. The van der Waals surface area contributed by atoms with Crippen LogP contribution in [0.4, 0.5) is 5.95 Å². The van der Waals surface area contributed by atoms with E-state index in [1.807, 2.05) is 11.0 Å². The Morgan fingerprint density at radius 2 is 2.04 bits per heavy atom. The SMILES string of the molecule is O=C(c1ccco1)N1CCC2(CC1)C[C@H](Nc1ncccn1)CCO2. The highest BCUT2D eigenvalue weighted by Crippen LogP contribution is 2.36. The Bertz CT molecular complexity index is 696. The smallest absolute Gasteiger partial charge is 0.289 e. The number of aromatic nitrogens is 2. The summed E-state index contributed by atoms with van der Waals surface area (Å²) in [5, 5.41) is 3.41. The fourth-order valence-electron chi connectivity index (χ4n) is 3.73. The Morgan fingerprint density at radius 3 is 2.76 bits per heavy atom. The number of carbonyl (C=O) groups excluding carboxylic acids is 1. The second-order valence-corrected chi connectivity index (χ2v) is 6.71. The number of ether oxygens (including phenoxy) is 1. The molecule has 2 fully saturated rings. The lowest BCUT2D eigenvalue weighted by Crippen LogP contribution is -2.52. The van der Waals surface area contributed by atoms with E-state index in [0.717, 1.165) is 32.3 Å². The van der Waals surface area contributed by atoms with Crippen molar-refractivity contribution < 1.29 is 13.9 Å². The number of hydrogen-bond acceptors (Lipinski definition) is 6. The van der Waals surface area contributed by atoms with Crippen LogP contribution in [0.15, 0.2) is 41.3 Å². The molecule has 1 amide bonds. The molecule has 2 aliphatic heterocycles. The normalized spacial score (nSPS) is 22.7. The van der Waals surface area contributed by atoms with E-state index in [1.54, 1.807) is 24.5 Å². The first-order valence-corrected chi connectivity index (χ1v) is 8.74. The fraction of sp³-hybridized carbons (Fsp3) is 0.500. The summed E-state index contributed by atoms with van der Waals surface area (Å²) < 4.78 is 11.4. The highest BCUT2D eigenvalue weighted by molar-refractivity contribution is 5.91. The van der Waals surface area contributed by atoms with Crippen LogP contribution in [0.2, 0.25) is 0 Å². The summed E-state index contributed by atoms with van der Waals surface area (Å²) >= 11 is 0. The zero-order valence-corrected chi connectivity index (χ0v) is 14.1. The van der Waals surface area contributed by atoms with E-state index >= 15 is 0 Å². The van der Waals surface area contributed by atoms with E-state index in [4.69, 9.17) is 9.15 Å². The van der Waals surface area contributed by atoms with Gasteiger partial charge < -0.3 is 19.4 Å². The molecule has 0 radical (unpaired) electrons. The number of furan rings is 1. The lowest BCUT2D eigenvalue weighted by atomic mass is 9.82. The van der Waals surface area contributed by atoms with Crippen molar-refractivity contribution in [3.8, 4) is 0 Å². The van der Waals surface area contributed by atoms with E-state index < -0.39 is 0 Å². The highest BCUT2D eigenvalue weighted by Gasteiger charge is 2.41. The van der Waals surface area contributed by atoms with Gasteiger partial charge in [-0.3, -0.25) is 4.79 Å². The van der Waals surface area contributed by atoms with Crippen LogP contribution < -0.4 is 5.32 Å². The van der Waals surface area contributed by atoms with E-state index in [2.05, 4.69) is 15.3 Å². The molecule has 2 aromatic rings. The molecule has 1 spiro atoms. The van der Waals surface area contributed by atoms with Crippen molar-refractivity contribution in [2.45, 2.75) is 37.3 Å². The molecular formula is C18H22N4O3. The average molecular weight is 342 g/mol. The summed E-state index contributed by atoms with van der Waals surface area (Å²) in [7, 11) is 0. The van der Waals surface area contributed by atoms with Crippen molar-refractivity contribution in [3.05, 3.63) is 42.6 Å². The first kappa shape index (κ1) is 16.1. The Kier molecular flexibility index (Phi) is 4.40. The number of nitrogens with one attached hydrogen (secondary N) is 1. The van der Waals surface area contributed by atoms with Gasteiger partial charge in [-0.15, -0.1) is 0 Å². The van der Waals surface area contributed by atoms with Crippen molar-refractivity contribution >= 4 is 11.9 Å². The maximum atomic E-state index is 12.4. The molecule has 132 valence electrons. The Balaban J connectivity index is 1.36. The van der Waals surface area contributed by atoms with Crippen LogP contribution >= 0.6 is 0 Å². The van der Waals surface area contributed by atoms with Crippen molar-refractivity contribution in [1.29, 1.82) is 0 Å². The molecule has 25 heavy (non-hydrogen) atoms. The maximum Gasteiger partial charge on any atom is 0.289 e. The second-order valence-electron chi connectivity index (χ2n) is 6.71. The monoisotopic (exact) mass is 342 g/mol. The largest absolute Gasteiger partial charge is 0.459 e.